The largest absolute Gasteiger partial charge is 0.507 e. The van der Waals surface area contributed by atoms with Gasteiger partial charge in [-0.15, -0.1) is 0 Å². The summed E-state index contributed by atoms with van der Waals surface area (Å²) in [7, 11) is 0. The summed E-state index contributed by atoms with van der Waals surface area (Å²) in [6.45, 7) is 0. The number of carbonyl (C=O) groups is 3. The molecule has 0 aromatic heterocycles. The molecule has 0 aliphatic carbocycles. The fourth-order valence-corrected chi connectivity index (χ4v) is 4.16. The molecule has 9 heteroatoms. The van der Waals surface area contributed by atoms with Gasteiger partial charge in [-0.1, -0.05) is 91.0 Å². The number of phenolic OH excluding ortho intramolecular Hbond substituents is 3. The molecule has 0 atom stereocenters. The highest BCUT2D eigenvalue weighted by Crippen LogP contribution is 2.19. The first-order valence-electron chi connectivity index (χ1n) is 14.7. The number of aromatic hydroxyl groups is 3. The van der Waals surface area contributed by atoms with E-state index < -0.39 is 0 Å². The van der Waals surface area contributed by atoms with E-state index in [0.717, 1.165) is 0 Å². The van der Waals surface area contributed by atoms with E-state index in [2.05, 4.69) is 16.0 Å². The van der Waals surface area contributed by atoms with Crippen molar-refractivity contribution in [2.24, 2.45) is 0 Å². The van der Waals surface area contributed by atoms with Gasteiger partial charge in [0.25, 0.3) is 17.7 Å². The predicted molar refractivity (Wildman–Crippen MR) is 188 cm³/mol. The van der Waals surface area contributed by atoms with Crippen LogP contribution in [0.3, 0.4) is 0 Å². The first-order valence-corrected chi connectivity index (χ1v) is 14.7. The van der Waals surface area contributed by atoms with Crippen LogP contribution in [0.1, 0.15) is 31.1 Å². The van der Waals surface area contributed by atoms with Gasteiger partial charge in [-0.2, -0.15) is 0 Å². The fourth-order valence-electron chi connectivity index (χ4n) is 4.16. The van der Waals surface area contributed by atoms with Crippen molar-refractivity contribution in [1.82, 2.24) is 0 Å². The molecule has 0 aliphatic heterocycles. The molecule has 6 aromatic carbocycles. The van der Waals surface area contributed by atoms with Crippen molar-refractivity contribution in [3.8, 4) is 17.2 Å². The third-order valence-corrected chi connectivity index (χ3v) is 6.54. The number of rotatable bonds is 6. The molecule has 0 bridgehead atoms. The Morgan fingerprint density at radius 3 is 0.750 bits per heavy atom. The zero-order chi connectivity index (χ0) is 34.1. The number of benzene rings is 6. The van der Waals surface area contributed by atoms with Gasteiger partial charge in [0, 0.05) is 17.1 Å². The third-order valence-electron chi connectivity index (χ3n) is 6.54. The number of carbonyl (C=O) groups excluding carboxylic acids is 3. The van der Waals surface area contributed by atoms with E-state index in [1.165, 1.54) is 18.2 Å². The van der Waals surface area contributed by atoms with E-state index in [1.807, 2.05) is 54.6 Å². The first-order chi connectivity index (χ1) is 23.3. The Hall–Kier alpha value is -6.87. The van der Waals surface area contributed by atoms with E-state index in [0.29, 0.717) is 17.1 Å². The van der Waals surface area contributed by atoms with Crippen LogP contribution in [0.25, 0.3) is 0 Å². The van der Waals surface area contributed by atoms with Gasteiger partial charge in [0.05, 0.1) is 16.7 Å². The molecule has 9 nitrogen and oxygen atoms in total. The highest BCUT2D eigenvalue weighted by Gasteiger charge is 2.11. The van der Waals surface area contributed by atoms with E-state index in [4.69, 9.17) is 0 Å². The van der Waals surface area contributed by atoms with Gasteiger partial charge < -0.3 is 31.3 Å². The molecular weight excluding hydrogens is 606 g/mol. The summed E-state index contributed by atoms with van der Waals surface area (Å²) in [6, 6.07) is 46.7. The van der Waals surface area contributed by atoms with Crippen molar-refractivity contribution < 1.29 is 29.7 Å². The average Bonchev–Trinajstić information content (AvgIpc) is 3.11. The SMILES string of the molecule is O=C(Nc1ccccc1)c1ccccc1O.O=C(Nc1ccccc1)c1ccccc1O.O=C(Nc1ccccc1)c1ccccc1O. The second kappa shape index (κ2) is 17.6. The van der Waals surface area contributed by atoms with Crippen LogP contribution in [0.2, 0.25) is 0 Å². The van der Waals surface area contributed by atoms with Crippen molar-refractivity contribution in [3.05, 3.63) is 180 Å². The molecule has 0 saturated heterocycles. The Labute approximate surface area is 277 Å². The normalized spacial score (nSPS) is 9.75. The van der Waals surface area contributed by atoms with Crippen molar-refractivity contribution in [3.63, 3.8) is 0 Å². The van der Waals surface area contributed by atoms with Gasteiger partial charge in [0.15, 0.2) is 0 Å². The predicted octanol–water partition coefficient (Wildman–Crippen LogP) is 7.93. The maximum atomic E-state index is 11.8. The van der Waals surface area contributed by atoms with Gasteiger partial charge in [-0.3, -0.25) is 14.4 Å². The second-order valence-corrected chi connectivity index (χ2v) is 10.0. The lowest BCUT2D eigenvalue weighted by molar-refractivity contribution is 0.101. The Balaban J connectivity index is 0.000000163. The molecule has 0 radical (unpaired) electrons. The molecule has 6 aromatic rings. The second-order valence-electron chi connectivity index (χ2n) is 10.0. The number of phenols is 3. The van der Waals surface area contributed by atoms with E-state index in [9.17, 15) is 29.7 Å². The smallest absolute Gasteiger partial charge is 0.259 e. The molecule has 48 heavy (non-hydrogen) atoms. The number of nitrogens with one attached hydrogen (secondary N) is 3. The Kier molecular flexibility index (Phi) is 12.5. The fraction of sp³-hybridized carbons (Fsp3) is 0. The first kappa shape index (κ1) is 34.0. The highest BCUT2D eigenvalue weighted by molar-refractivity contribution is 6.07. The lowest BCUT2D eigenvalue weighted by atomic mass is 10.2. The standard InChI is InChI=1S/3C13H11NO2/c3*15-12-9-5-4-8-11(12)13(16)14-10-6-2-1-3-7-10/h3*1-9,15H,(H,14,16). The molecule has 6 rings (SSSR count). The Morgan fingerprint density at radius 1 is 0.312 bits per heavy atom. The monoisotopic (exact) mass is 639 g/mol. The van der Waals surface area contributed by atoms with Crippen LogP contribution >= 0.6 is 0 Å². The summed E-state index contributed by atoms with van der Waals surface area (Å²) in [4.78, 5) is 35.3. The van der Waals surface area contributed by atoms with E-state index in [-0.39, 0.29) is 51.7 Å². The maximum absolute atomic E-state index is 11.8. The zero-order valence-electron chi connectivity index (χ0n) is 25.7. The zero-order valence-corrected chi connectivity index (χ0v) is 25.7. The van der Waals surface area contributed by atoms with Crippen LogP contribution in [0.4, 0.5) is 17.1 Å². The van der Waals surface area contributed by atoms with Gasteiger partial charge in [0.2, 0.25) is 0 Å². The maximum Gasteiger partial charge on any atom is 0.259 e. The quantitative estimate of drug-likeness (QED) is 0.109. The summed E-state index contributed by atoms with van der Waals surface area (Å²) in [5.74, 6) is -0.999. The number of para-hydroxylation sites is 6. The molecule has 0 heterocycles. The minimum Gasteiger partial charge on any atom is -0.507 e. The number of hydrogen-bond acceptors (Lipinski definition) is 6. The molecule has 0 spiro atoms. The summed E-state index contributed by atoms with van der Waals surface area (Å²) in [6.07, 6.45) is 0. The number of hydrogen-bond donors (Lipinski definition) is 6. The minimum atomic E-state index is -0.315. The van der Waals surface area contributed by atoms with Crippen LogP contribution < -0.4 is 16.0 Å². The summed E-state index contributed by atoms with van der Waals surface area (Å²) in [5, 5.41) is 36.6. The summed E-state index contributed by atoms with van der Waals surface area (Å²) in [5.41, 5.74) is 2.92. The molecule has 3 amide bonds. The molecule has 0 fully saturated rings. The average molecular weight is 640 g/mol. The van der Waals surface area contributed by atoms with Crippen molar-refractivity contribution in [2.45, 2.75) is 0 Å². The molecular formula is C39H33N3O6. The van der Waals surface area contributed by atoms with Crippen LogP contribution in [-0.2, 0) is 0 Å². The molecule has 240 valence electrons. The van der Waals surface area contributed by atoms with Gasteiger partial charge in [0.1, 0.15) is 17.2 Å². The van der Waals surface area contributed by atoms with Gasteiger partial charge >= 0.3 is 0 Å². The van der Waals surface area contributed by atoms with Gasteiger partial charge in [-0.05, 0) is 72.8 Å². The summed E-state index contributed by atoms with van der Waals surface area (Å²) < 4.78 is 0. The Morgan fingerprint density at radius 2 is 0.521 bits per heavy atom. The lowest BCUT2D eigenvalue weighted by Gasteiger charge is -2.05. The van der Waals surface area contributed by atoms with Crippen LogP contribution in [0.5, 0.6) is 17.2 Å². The van der Waals surface area contributed by atoms with Crippen molar-refractivity contribution in [2.75, 3.05) is 16.0 Å². The number of anilines is 3. The van der Waals surface area contributed by atoms with Crippen molar-refractivity contribution >= 4 is 34.8 Å². The topological polar surface area (TPSA) is 148 Å². The van der Waals surface area contributed by atoms with Gasteiger partial charge in [-0.25, -0.2) is 0 Å². The lowest BCUT2D eigenvalue weighted by Crippen LogP contribution is -2.11. The third kappa shape index (κ3) is 10.4. The number of amides is 3. The minimum absolute atomic E-state index is 0.0177. The van der Waals surface area contributed by atoms with Crippen LogP contribution in [0, 0.1) is 0 Å². The van der Waals surface area contributed by atoms with Crippen LogP contribution in [0.15, 0.2) is 164 Å². The van der Waals surface area contributed by atoms with E-state index >= 15 is 0 Å². The molecule has 0 unspecified atom stereocenters. The van der Waals surface area contributed by atoms with Crippen molar-refractivity contribution in [1.29, 1.82) is 0 Å². The summed E-state index contributed by atoms with van der Waals surface area (Å²) >= 11 is 0. The molecule has 0 saturated carbocycles. The van der Waals surface area contributed by atoms with Crippen LogP contribution in [-0.4, -0.2) is 33.0 Å². The van der Waals surface area contributed by atoms with E-state index in [1.54, 1.807) is 91.0 Å². The highest BCUT2D eigenvalue weighted by atomic mass is 16.3. The molecule has 0 aliphatic rings. The Bertz CT molecular complexity index is 1710. The molecule has 6 N–H and O–H groups in total.